The van der Waals surface area contributed by atoms with Gasteiger partial charge in [0.2, 0.25) is 5.91 Å². The summed E-state index contributed by atoms with van der Waals surface area (Å²) in [4.78, 5) is 11.3. The summed E-state index contributed by atoms with van der Waals surface area (Å²) in [7, 11) is 0. The van der Waals surface area contributed by atoms with Crippen LogP contribution in [0.1, 0.15) is 18.4 Å². The summed E-state index contributed by atoms with van der Waals surface area (Å²) in [5, 5.41) is 3.26. The van der Waals surface area contributed by atoms with Crippen LogP contribution in [-0.4, -0.2) is 18.5 Å². The Balaban J connectivity index is 1.88. The molecule has 1 atom stereocenters. The second kappa shape index (κ2) is 5.12. The van der Waals surface area contributed by atoms with E-state index in [0.717, 1.165) is 18.0 Å². The Kier molecular flexibility index (Phi) is 3.57. The Hall–Kier alpha value is -1.35. The predicted octanol–water partition coefficient (Wildman–Crippen LogP) is 1.08. The van der Waals surface area contributed by atoms with Gasteiger partial charge in [0.25, 0.3) is 0 Å². The van der Waals surface area contributed by atoms with E-state index in [1.54, 1.807) is 0 Å². The molecule has 2 rings (SSSR count). The van der Waals surface area contributed by atoms with Crippen molar-refractivity contribution in [2.24, 2.45) is 11.7 Å². The molecule has 1 aromatic carbocycles. The maximum Gasteiger partial charge on any atom is 0.234 e. The SMILES string of the molecule is NC(=O)[C@H](Cc1ccccc1)NCC1CC1. The molecule has 0 aromatic heterocycles. The smallest absolute Gasteiger partial charge is 0.234 e. The molecule has 3 heteroatoms. The van der Waals surface area contributed by atoms with E-state index in [0.29, 0.717) is 6.42 Å². The Morgan fingerprint density at radius 3 is 2.62 bits per heavy atom. The Labute approximate surface area is 96.0 Å². The second-order valence-corrected chi connectivity index (χ2v) is 4.50. The van der Waals surface area contributed by atoms with E-state index in [1.807, 2.05) is 30.3 Å². The number of nitrogens with two attached hydrogens (primary N) is 1. The van der Waals surface area contributed by atoms with Crippen molar-refractivity contribution < 1.29 is 4.79 Å². The van der Waals surface area contributed by atoms with Crippen molar-refractivity contribution in [1.82, 2.24) is 5.32 Å². The lowest BCUT2D eigenvalue weighted by Gasteiger charge is -2.15. The van der Waals surface area contributed by atoms with Gasteiger partial charge in [0.05, 0.1) is 6.04 Å². The fourth-order valence-electron chi connectivity index (χ4n) is 1.75. The van der Waals surface area contributed by atoms with Crippen LogP contribution >= 0.6 is 0 Å². The van der Waals surface area contributed by atoms with Crippen LogP contribution in [0, 0.1) is 5.92 Å². The molecule has 0 radical (unpaired) electrons. The minimum atomic E-state index is -0.260. The maximum atomic E-state index is 11.3. The van der Waals surface area contributed by atoms with Gasteiger partial charge in [0.1, 0.15) is 0 Å². The summed E-state index contributed by atoms with van der Waals surface area (Å²) in [6, 6.07) is 9.75. The molecule has 0 aliphatic heterocycles. The maximum absolute atomic E-state index is 11.3. The van der Waals surface area contributed by atoms with Gasteiger partial charge in [-0.15, -0.1) is 0 Å². The van der Waals surface area contributed by atoms with E-state index in [4.69, 9.17) is 5.73 Å². The van der Waals surface area contributed by atoms with E-state index in [9.17, 15) is 4.79 Å². The number of hydrogen-bond donors (Lipinski definition) is 2. The first kappa shape index (κ1) is 11.1. The second-order valence-electron chi connectivity index (χ2n) is 4.50. The minimum Gasteiger partial charge on any atom is -0.368 e. The van der Waals surface area contributed by atoms with Crippen LogP contribution < -0.4 is 11.1 Å². The van der Waals surface area contributed by atoms with E-state index >= 15 is 0 Å². The highest BCUT2D eigenvalue weighted by atomic mass is 16.1. The molecule has 1 aliphatic carbocycles. The van der Waals surface area contributed by atoms with Crippen LogP contribution in [0.25, 0.3) is 0 Å². The predicted molar refractivity (Wildman–Crippen MR) is 63.9 cm³/mol. The number of nitrogens with one attached hydrogen (secondary N) is 1. The molecule has 0 spiro atoms. The van der Waals surface area contributed by atoms with E-state index in [-0.39, 0.29) is 11.9 Å². The van der Waals surface area contributed by atoms with Crippen molar-refractivity contribution in [2.75, 3.05) is 6.54 Å². The Morgan fingerprint density at radius 2 is 2.06 bits per heavy atom. The largest absolute Gasteiger partial charge is 0.368 e. The van der Waals surface area contributed by atoms with Crippen molar-refractivity contribution in [3.05, 3.63) is 35.9 Å². The number of amides is 1. The summed E-state index contributed by atoms with van der Waals surface area (Å²) in [6.07, 6.45) is 3.25. The van der Waals surface area contributed by atoms with Gasteiger partial charge in [-0.2, -0.15) is 0 Å². The van der Waals surface area contributed by atoms with Crippen LogP contribution in [0.2, 0.25) is 0 Å². The molecule has 1 saturated carbocycles. The molecular formula is C13H18N2O. The summed E-state index contributed by atoms with van der Waals surface area (Å²) >= 11 is 0. The minimum absolute atomic E-state index is 0.233. The van der Waals surface area contributed by atoms with Crippen molar-refractivity contribution in [1.29, 1.82) is 0 Å². The van der Waals surface area contributed by atoms with Crippen LogP contribution in [-0.2, 0) is 11.2 Å². The van der Waals surface area contributed by atoms with Crippen molar-refractivity contribution >= 4 is 5.91 Å². The van der Waals surface area contributed by atoms with Crippen LogP contribution in [0.4, 0.5) is 0 Å². The lowest BCUT2D eigenvalue weighted by molar-refractivity contribution is -0.120. The fraction of sp³-hybridized carbons (Fsp3) is 0.462. The first-order valence-corrected chi connectivity index (χ1v) is 5.82. The zero-order valence-corrected chi connectivity index (χ0v) is 9.36. The van der Waals surface area contributed by atoms with Gasteiger partial charge in [0, 0.05) is 0 Å². The van der Waals surface area contributed by atoms with E-state index < -0.39 is 0 Å². The first-order chi connectivity index (χ1) is 7.75. The zero-order valence-electron chi connectivity index (χ0n) is 9.36. The molecule has 3 N–H and O–H groups in total. The monoisotopic (exact) mass is 218 g/mol. The van der Waals surface area contributed by atoms with Crippen molar-refractivity contribution in [3.63, 3.8) is 0 Å². The quantitative estimate of drug-likeness (QED) is 0.750. The average molecular weight is 218 g/mol. The zero-order chi connectivity index (χ0) is 11.4. The van der Waals surface area contributed by atoms with Gasteiger partial charge in [0.15, 0.2) is 0 Å². The molecule has 1 amide bonds. The van der Waals surface area contributed by atoms with E-state index in [1.165, 1.54) is 12.8 Å². The third kappa shape index (κ3) is 3.35. The van der Waals surface area contributed by atoms with Crippen LogP contribution in [0.5, 0.6) is 0 Å². The average Bonchev–Trinajstić information content (AvgIpc) is 3.09. The highest BCUT2D eigenvalue weighted by Crippen LogP contribution is 2.27. The molecule has 86 valence electrons. The first-order valence-electron chi connectivity index (χ1n) is 5.82. The molecule has 16 heavy (non-hydrogen) atoms. The summed E-state index contributed by atoms with van der Waals surface area (Å²) in [5.74, 6) is 0.502. The van der Waals surface area contributed by atoms with Crippen molar-refractivity contribution in [2.45, 2.75) is 25.3 Å². The number of benzene rings is 1. The summed E-state index contributed by atoms with van der Waals surface area (Å²) < 4.78 is 0. The normalized spacial score (nSPS) is 17.0. The highest BCUT2D eigenvalue weighted by molar-refractivity contribution is 5.80. The molecule has 0 heterocycles. The summed E-state index contributed by atoms with van der Waals surface area (Å²) in [5.41, 5.74) is 6.54. The molecule has 1 fully saturated rings. The number of rotatable bonds is 6. The van der Waals surface area contributed by atoms with Crippen LogP contribution in [0.15, 0.2) is 30.3 Å². The highest BCUT2D eigenvalue weighted by Gasteiger charge is 2.23. The van der Waals surface area contributed by atoms with Gasteiger partial charge in [-0.05, 0) is 37.3 Å². The molecule has 0 unspecified atom stereocenters. The fourth-order valence-corrected chi connectivity index (χ4v) is 1.75. The van der Waals surface area contributed by atoms with Gasteiger partial charge < -0.3 is 11.1 Å². The summed E-state index contributed by atoms with van der Waals surface area (Å²) in [6.45, 7) is 0.917. The third-order valence-electron chi connectivity index (χ3n) is 2.98. The van der Waals surface area contributed by atoms with E-state index in [2.05, 4.69) is 5.32 Å². The van der Waals surface area contributed by atoms with Gasteiger partial charge in [-0.1, -0.05) is 30.3 Å². The molecule has 1 aromatic rings. The number of hydrogen-bond acceptors (Lipinski definition) is 2. The Bertz CT molecular complexity index is 346. The number of primary amides is 1. The lowest BCUT2D eigenvalue weighted by Crippen LogP contribution is -2.43. The third-order valence-corrected chi connectivity index (χ3v) is 2.98. The lowest BCUT2D eigenvalue weighted by atomic mass is 10.1. The molecule has 0 saturated heterocycles. The topological polar surface area (TPSA) is 55.1 Å². The number of carbonyl (C=O) groups excluding carboxylic acids is 1. The van der Waals surface area contributed by atoms with Gasteiger partial charge in [-0.25, -0.2) is 0 Å². The van der Waals surface area contributed by atoms with Crippen molar-refractivity contribution in [3.8, 4) is 0 Å². The molecule has 3 nitrogen and oxygen atoms in total. The molecular weight excluding hydrogens is 200 g/mol. The number of carbonyl (C=O) groups is 1. The molecule has 0 bridgehead atoms. The molecule has 1 aliphatic rings. The Morgan fingerprint density at radius 1 is 1.38 bits per heavy atom. The standard InChI is InChI=1S/C13H18N2O/c14-13(16)12(15-9-11-6-7-11)8-10-4-2-1-3-5-10/h1-5,11-12,15H,6-9H2,(H2,14,16)/t12-/m0/s1. The van der Waals surface area contributed by atoms with Crippen LogP contribution in [0.3, 0.4) is 0 Å². The van der Waals surface area contributed by atoms with Gasteiger partial charge in [-0.3, -0.25) is 4.79 Å². The van der Waals surface area contributed by atoms with Gasteiger partial charge >= 0.3 is 0 Å².